The van der Waals surface area contributed by atoms with Gasteiger partial charge in [-0.1, -0.05) is 157 Å². The van der Waals surface area contributed by atoms with Crippen LogP contribution in [0.5, 0.6) is 0 Å². The number of aromatic nitrogens is 4. The van der Waals surface area contributed by atoms with Crippen LogP contribution < -0.4 is 0 Å². The summed E-state index contributed by atoms with van der Waals surface area (Å²) in [5.74, 6) is 0. The van der Waals surface area contributed by atoms with Crippen LogP contribution in [-0.2, 0) is 10.8 Å². The van der Waals surface area contributed by atoms with Crippen molar-refractivity contribution in [1.82, 2.24) is 19.9 Å². The normalized spacial score (nSPS) is 12.6. The smallest absolute Gasteiger partial charge is 0.0979 e. The van der Waals surface area contributed by atoms with E-state index >= 15 is 0 Å². The Kier molecular flexibility index (Phi) is 6.60. The third kappa shape index (κ3) is 4.66. The summed E-state index contributed by atoms with van der Waals surface area (Å²) in [4.78, 5) is 22.0. The first-order valence-corrected chi connectivity index (χ1v) is 17.4. The van der Waals surface area contributed by atoms with Crippen molar-refractivity contribution in [3.8, 4) is 22.5 Å². The van der Waals surface area contributed by atoms with E-state index in [1.54, 1.807) is 0 Å². The van der Waals surface area contributed by atoms with E-state index in [2.05, 4.69) is 163 Å². The van der Waals surface area contributed by atoms with Crippen molar-refractivity contribution in [2.24, 2.45) is 0 Å². The Morgan fingerprint density at radius 1 is 0.320 bits per heavy atom. The van der Waals surface area contributed by atoms with Gasteiger partial charge in [-0.3, -0.25) is 0 Å². The maximum atomic E-state index is 5.52. The highest BCUT2D eigenvalue weighted by atomic mass is 14.9. The lowest BCUT2D eigenvalue weighted by molar-refractivity contribution is 0.571. The first-order chi connectivity index (χ1) is 24.1. The van der Waals surface area contributed by atoms with Crippen LogP contribution in [-0.4, -0.2) is 19.9 Å². The molecule has 2 heterocycles. The van der Waals surface area contributed by atoms with E-state index in [1.807, 2.05) is 0 Å². The summed E-state index contributed by atoms with van der Waals surface area (Å²) in [5.41, 5.74) is 9.01. The lowest BCUT2D eigenvalue weighted by Gasteiger charge is -2.24. The zero-order chi connectivity index (χ0) is 34.4. The Labute approximate surface area is 291 Å². The Bertz CT molecular complexity index is 2640. The maximum Gasteiger partial charge on any atom is 0.0979 e. The summed E-state index contributed by atoms with van der Waals surface area (Å²) < 4.78 is 0. The molecule has 0 saturated heterocycles. The molecule has 0 saturated carbocycles. The second-order valence-corrected chi connectivity index (χ2v) is 15.5. The van der Waals surface area contributed by atoms with Crippen LogP contribution in [0, 0.1) is 0 Å². The Balaban J connectivity index is 1.34. The first-order valence-electron chi connectivity index (χ1n) is 17.4. The third-order valence-electron chi connectivity index (χ3n) is 9.93. The second-order valence-electron chi connectivity index (χ2n) is 15.5. The van der Waals surface area contributed by atoms with Crippen LogP contribution in [0.2, 0.25) is 0 Å². The molecule has 0 fully saturated rings. The zero-order valence-electron chi connectivity index (χ0n) is 29.3. The predicted octanol–water partition coefficient (Wildman–Crippen LogP) is 12.1. The lowest BCUT2D eigenvalue weighted by atomic mass is 9.86. The van der Waals surface area contributed by atoms with Gasteiger partial charge in [-0.15, -0.1) is 0 Å². The molecule has 0 aliphatic heterocycles. The van der Waals surface area contributed by atoms with Crippen molar-refractivity contribution in [2.45, 2.75) is 52.4 Å². The van der Waals surface area contributed by atoms with Crippen molar-refractivity contribution in [3.63, 3.8) is 0 Å². The van der Waals surface area contributed by atoms with Crippen LogP contribution in [0.3, 0.4) is 0 Å². The van der Waals surface area contributed by atoms with Gasteiger partial charge in [0.2, 0.25) is 0 Å². The molecule has 9 aromatic rings. The van der Waals surface area contributed by atoms with Crippen molar-refractivity contribution < 1.29 is 0 Å². The molecule has 0 N–H and O–H groups in total. The van der Waals surface area contributed by atoms with E-state index in [1.165, 1.54) is 21.5 Å². The van der Waals surface area contributed by atoms with Gasteiger partial charge in [0.1, 0.15) is 0 Å². The molecule has 0 atom stereocenters. The van der Waals surface area contributed by atoms with Gasteiger partial charge in [0, 0.05) is 43.5 Å². The summed E-state index contributed by atoms with van der Waals surface area (Å²) >= 11 is 0. The van der Waals surface area contributed by atoms with Gasteiger partial charge < -0.3 is 0 Å². The van der Waals surface area contributed by atoms with Gasteiger partial charge in [0.25, 0.3) is 0 Å². The molecule has 2 aromatic heterocycles. The number of hydrogen-bond donors (Lipinski definition) is 0. The van der Waals surface area contributed by atoms with E-state index < -0.39 is 0 Å². The van der Waals surface area contributed by atoms with Gasteiger partial charge in [-0.25, -0.2) is 19.9 Å². The van der Waals surface area contributed by atoms with Crippen LogP contribution in [0.15, 0.2) is 121 Å². The summed E-state index contributed by atoms with van der Waals surface area (Å²) in [6.07, 6.45) is 0. The summed E-state index contributed by atoms with van der Waals surface area (Å²) in [5, 5.41) is 9.25. The molecule has 9 rings (SSSR count). The van der Waals surface area contributed by atoms with E-state index in [9.17, 15) is 0 Å². The highest BCUT2D eigenvalue weighted by Crippen LogP contribution is 2.41. The van der Waals surface area contributed by atoms with Crippen LogP contribution >= 0.6 is 0 Å². The SMILES string of the molecule is CC(C)(C)c1nc2c3ccccc3c3ccccc3c2nc1-c1cccc(-c2nc3c4ccccc4c4ccccc4c3nc2C(C)(C)C)c1. The molecule has 7 aromatic carbocycles. The average Bonchev–Trinajstić information content (AvgIpc) is 3.13. The Morgan fingerprint density at radius 2 is 0.600 bits per heavy atom. The highest BCUT2D eigenvalue weighted by Gasteiger charge is 2.27. The number of benzene rings is 7. The number of rotatable bonds is 2. The summed E-state index contributed by atoms with van der Waals surface area (Å²) in [6, 6.07) is 42.9. The maximum absolute atomic E-state index is 5.52. The van der Waals surface area contributed by atoms with Crippen molar-refractivity contribution in [1.29, 1.82) is 0 Å². The van der Waals surface area contributed by atoms with Gasteiger partial charge in [-0.2, -0.15) is 0 Å². The van der Waals surface area contributed by atoms with E-state index in [4.69, 9.17) is 19.9 Å². The molecule has 4 heteroatoms. The quantitative estimate of drug-likeness (QED) is 0.175. The largest absolute Gasteiger partial charge is 0.248 e. The Morgan fingerprint density at radius 3 is 0.900 bits per heavy atom. The van der Waals surface area contributed by atoms with Crippen molar-refractivity contribution in [3.05, 3.63) is 133 Å². The van der Waals surface area contributed by atoms with Gasteiger partial charge in [-0.05, 0) is 27.6 Å². The molecular formula is C46H38N4. The standard InChI is InChI=1S/C46H38N4/c1-45(2,3)43-37(47-39-33-22-11-7-18-29(33)31-20-9-13-24-35(31)41(39)49-43)27-16-15-17-28(26-27)38-44(46(4,5)6)50-42-36-25-14-10-21-32(36)30-19-8-12-23-34(30)40(42)48-38/h7-26H,1-6H3. The zero-order valence-corrected chi connectivity index (χ0v) is 29.3. The average molecular weight is 647 g/mol. The lowest BCUT2D eigenvalue weighted by Crippen LogP contribution is -2.17. The van der Waals surface area contributed by atoms with Gasteiger partial charge in [0.15, 0.2) is 0 Å². The molecule has 4 nitrogen and oxygen atoms in total. The highest BCUT2D eigenvalue weighted by molar-refractivity contribution is 6.24. The summed E-state index contributed by atoms with van der Waals surface area (Å²) in [7, 11) is 0. The fraction of sp³-hybridized carbons (Fsp3) is 0.174. The van der Waals surface area contributed by atoms with Crippen LogP contribution in [0.4, 0.5) is 0 Å². The molecule has 0 amide bonds. The summed E-state index contributed by atoms with van der Waals surface area (Å²) in [6.45, 7) is 13.3. The minimum Gasteiger partial charge on any atom is -0.248 e. The predicted molar refractivity (Wildman–Crippen MR) is 211 cm³/mol. The van der Waals surface area contributed by atoms with Crippen LogP contribution in [0.25, 0.3) is 87.7 Å². The Hall–Kier alpha value is -5.74. The fourth-order valence-corrected chi connectivity index (χ4v) is 7.58. The number of nitrogens with zero attached hydrogens (tertiary/aromatic N) is 4. The minimum absolute atomic E-state index is 0.251. The molecule has 0 bridgehead atoms. The second kappa shape index (κ2) is 10.9. The molecule has 0 aliphatic carbocycles. The number of fused-ring (bicyclic) bond motifs is 12. The monoisotopic (exact) mass is 646 g/mol. The van der Waals surface area contributed by atoms with Crippen molar-refractivity contribution >= 4 is 65.2 Å². The third-order valence-corrected chi connectivity index (χ3v) is 9.93. The van der Waals surface area contributed by atoms with Gasteiger partial charge in [0.05, 0.1) is 44.8 Å². The molecule has 0 radical (unpaired) electrons. The first kappa shape index (κ1) is 30.3. The molecule has 0 spiro atoms. The van der Waals surface area contributed by atoms with Crippen LogP contribution in [0.1, 0.15) is 52.9 Å². The van der Waals surface area contributed by atoms with E-state index in [0.29, 0.717) is 0 Å². The molecule has 50 heavy (non-hydrogen) atoms. The van der Waals surface area contributed by atoms with Gasteiger partial charge >= 0.3 is 0 Å². The van der Waals surface area contributed by atoms with E-state index in [-0.39, 0.29) is 10.8 Å². The molecular weight excluding hydrogens is 609 g/mol. The minimum atomic E-state index is -0.251. The number of hydrogen-bond acceptors (Lipinski definition) is 4. The van der Waals surface area contributed by atoms with Crippen molar-refractivity contribution in [2.75, 3.05) is 0 Å². The molecule has 0 aliphatic rings. The van der Waals surface area contributed by atoms with E-state index in [0.717, 1.165) is 77.5 Å². The topological polar surface area (TPSA) is 51.6 Å². The molecule has 242 valence electrons. The fourth-order valence-electron chi connectivity index (χ4n) is 7.58. The molecule has 0 unspecified atom stereocenters.